The van der Waals surface area contributed by atoms with E-state index < -0.39 is 0 Å². The van der Waals surface area contributed by atoms with Crippen LogP contribution in [-0.4, -0.2) is 35.8 Å². The third-order valence-corrected chi connectivity index (χ3v) is 7.11. The van der Waals surface area contributed by atoms with Crippen LogP contribution in [0.15, 0.2) is 65.6 Å². The van der Waals surface area contributed by atoms with Crippen LogP contribution in [0.2, 0.25) is 15.1 Å². The van der Waals surface area contributed by atoms with Crippen LogP contribution in [0.5, 0.6) is 17.2 Å². The number of ether oxygens (including phenoxy) is 3. The standard InChI is InChI=1S/C27H22Cl3NO5S/c1-2-34-24-14-17(4-10-23(24)36-16-18-3-9-21(29)22(30)13-18)15-25-26(32)31(27(33)37-25)11-12-35-20-7-5-19(28)6-8-20/h3-10,13-15H,2,11-12,16H2,1H3/b25-15-. The molecule has 2 amide bonds. The second-order valence-electron chi connectivity index (χ2n) is 7.81. The van der Waals surface area contributed by atoms with E-state index in [1.807, 2.05) is 13.0 Å². The summed E-state index contributed by atoms with van der Waals surface area (Å²) >= 11 is 18.8. The van der Waals surface area contributed by atoms with Gasteiger partial charge in [-0.25, -0.2) is 0 Å². The van der Waals surface area contributed by atoms with Crippen molar-refractivity contribution in [2.45, 2.75) is 13.5 Å². The number of imide groups is 1. The molecule has 1 aliphatic heterocycles. The molecule has 1 aliphatic rings. The fourth-order valence-electron chi connectivity index (χ4n) is 3.42. The van der Waals surface area contributed by atoms with E-state index in [1.54, 1.807) is 60.7 Å². The quantitative estimate of drug-likeness (QED) is 0.229. The van der Waals surface area contributed by atoms with E-state index in [2.05, 4.69) is 0 Å². The molecule has 4 rings (SSSR count). The van der Waals surface area contributed by atoms with Crippen LogP contribution in [0.4, 0.5) is 4.79 Å². The normalized spacial score (nSPS) is 14.4. The maximum atomic E-state index is 12.9. The zero-order valence-corrected chi connectivity index (χ0v) is 22.8. The lowest BCUT2D eigenvalue weighted by molar-refractivity contribution is -0.123. The zero-order chi connectivity index (χ0) is 26.4. The molecule has 0 bridgehead atoms. The van der Waals surface area contributed by atoms with Crippen molar-refractivity contribution in [1.29, 1.82) is 0 Å². The molecule has 1 fully saturated rings. The van der Waals surface area contributed by atoms with Gasteiger partial charge in [0.1, 0.15) is 19.0 Å². The van der Waals surface area contributed by atoms with Gasteiger partial charge in [-0.2, -0.15) is 0 Å². The number of benzene rings is 3. The van der Waals surface area contributed by atoms with Crippen LogP contribution in [0.25, 0.3) is 6.08 Å². The molecule has 0 atom stereocenters. The van der Waals surface area contributed by atoms with Crippen molar-refractivity contribution in [3.8, 4) is 17.2 Å². The van der Waals surface area contributed by atoms with Gasteiger partial charge in [-0.3, -0.25) is 14.5 Å². The summed E-state index contributed by atoms with van der Waals surface area (Å²) in [6.07, 6.45) is 1.66. The Morgan fingerprint density at radius 3 is 2.38 bits per heavy atom. The monoisotopic (exact) mass is 577 g/mol. The highest BCUT2D eigenvalue weighted by Crippen LogP contribution is 2.35. The van der Waals surface area contributed by atoms with Gasteiger partial charge in [0.15, 0.2) is 11.5 Å². The van der Waals surface area contributed by atoms with Crippen molar-refractivity contribution >= 4 is 63.8 Å². The number of hydrogen-bond donors (Lipinski definition) is 0. The molecule has 0 N–H and O–H groups in total. The smallest absolute Gasteiger partial charge is 0.293 e. The summed E-state index contributed by atoms with van der Waals surface area (Å²) in [5.41, 5.74) is 1.56. The molecule has 0 unspecified atom stereocenters. The molecule has 3 aromatic rings. The van der Waals surface area contributed by atoms with Crippen LogP contribution in [-0.2, 0) is 11.4 Å². The molecule has 6 nitrogen and oxygen atoms in total. The first-order chi connectivity index (χ1) is 17.8. The predicted molar refractivity (Wildman–Crippen MR) is 148 cm³/mol. The van der Waals surface area contributed by atoms with Crippen LogP contribution in [0.3, 0.4) is 0 Å². The molecule has 0 aliphatic carbocycles. The minimum Gasteiger partial charge on any atom is -0.492 e. The highest BCUT2D eigenvalue weighted by molar-refractivity contribution is 8.18. The minimum atomic E-state index is -0.368. The lowest BCUT2D eigenvalue weighted by atomic mass is 10.1. The molecule has 0 saturated carbocycles. The summed E-state index contributed by atoms with van der Waals surface area (Å²) in [5.74, 6) is 1.30. The average molecular weight is 579 g/mol. The molecule has 37 heavy (non-hydrogen) atoms. The molecular formula is C27H22Cl3NO5S. The molecule has 1 heterocycles. The predicted octanol–water partition coefficient (Wildman–Crippen LogP) is 7.74. The van der Waals surface area contributed by atoms with Gasteiger partial charge < -0.3 is 14.2 Å². The number of nitrogens with zero attached hydrogens (tertiary/aromatic N) is 1. The van der Waals surface area contributed by atoms with Crippen molar-refractivity contribution in [2.75, 3.05) is 19.8 Å². The van der Waals surface area contributed by atoms with Gasteiger partial charge in [0, 0.05) is 5.02 Å². The van der Waals surface area contributed by atoms with Gasteiger partial charge in [0.25, 0.3) is 11.1 Å². The summed E-state index contributed by atoms with van der Waals surface area (Å²) in [5, 5.41) is 1.18. The van der Waals surface area contributed by atoms with Crippen molar-refractivity contribution in [2.24, 2.45) is 0 Å². The van der Waals surface area contributed by atoms with Gasteiger partial charge in [-0.05, 0) is 84.4 Å². The molecule has 0 aromatic heterocycles. The van der Waals surface area contributed by atoms with Crippen molar-refractivity contribution in [3.63, 3.8) is 0 Å². The highest BCUT2D eigenvalue weighted by atomic mass is 35.5. The number of carbonyl (C=O) groups excluding carboxylic acids is 2. The van der Waals surface area contributed by atoms with Crippen LogP contribution >= 0.6 is 46.6 Å². The van der Waals surface area contributed by atoms with E-state index >= 15 is 0 Å². The average Bonchev–Trinajstić information content (AvgIpc) is 3.14. The minimum absolute atomic E-state index is 0.135. The summed E-state index contributed by atoms with van der Waals surface area (Å²) in [6.45, 7) is 2.87. The van der Waals surface area contributed by atoms with E-state index in [1.165, 1.54) is 4.90 Å². The van der Waals surface area contributed by atoms with Gasteiger partial charge in [-0.15, -0.1) is 0 Å². The third kappa shape index (κ3) is 7.14. The van der Waals surface area contributed by atoms with E-state index in [0.717, 1.165) is 17.3 Å². The van der Waals surface area contributed by atoms with E-state index in [-0.39, 0.29) is 30.9 Å². The Labute approximate surface area is 234 Å². The van der Waals surface area contributed by atoms with E-state index in [0.29, 0.717) is 49.4 Å². The second kappa shape index (κ2) is 12.6. The van der Waals surface area contributed by atoms with Crippen molar-refractivity contribution < 1.29 is 23.8 Å². The molecule has 192 valence electrons. The number of amides is 2. The molecule has 10 heteroatoms. The number of rotatable bonds is 10. The Balaban J connectivity index is 1.41. The zero-order valence-electron chi connectivity index (χ0n) is 19.7. The van der Waals surface area contributed by atoms with Gasteiger partial charge in [0.2, 0.25) is 0 Å². The maximum absolute atomic E-state index is 12.9. The first-order valence-corrected chi connectivity index (χ1v) is 13.3. The van der Waals surface area contributed by atoms with Crippen molar-refractivity contribution in [3.05, 3.63) is 91.8 Å². The van der Waals surface area contributed by atoms with Gasteiger partial charge in [0.05, 0.1) is 28.1 Å². The molecule has 3 aromatic carbocycles. The van der Waals surface area contributed by atoms with E-state index in [4.69, 9.17) is 49.0 Å². The lowest BCUT2D eigenvalue weighted by Gasteiger charge is -2.14. The Kier molecular flexibility index (Phi) is 9.27. The van der Waals surface area contributed by atoms with Gasteiger partial charge in [-0.1, -0.05) is 46.9 Å². The van der Waals surface area contributed by atoms with Gasteiger partial charge >= 0.3 is 0 Å². The van der Waals surface area contributed by atoms with Crippen LogP contribution in [0.1, 0.15) is 18.1 Å². The molecular weight excluding hydrogens is 557 g/mol. The Morgan fingerprint density at radius 2 is 1.65 bits per heavy atom. The van der Waals surface area contributed by atoms with Crippen LogP contribution in [0, 0.1) is 0 Å². The molecule has 0 radical (unpaired) electrons. The van der Waals surface area contributed by atoms with Crippen molar-refractivity contribution in [1.82, 2.24) is 4.90 Å². The first kappa shape index (κ1) is 27.2. The fourth-order valence-corrected chi connectivity index (χ4v) is 4.73. The maximum Gasteiger partial charge on any atom is 0.293 e. The largest absolute Gasteiger partial charge is 0.492 e. The molecule has 1 saturated heterocycles. The summed E-state index contributed by atoms with van der Waals surface area (Å²) in [6, 6.07) is 17.5. The Bertz CT molecular complexity index is 1330. The summed E-state index contributed by atoms with van der Waals surface area (Å²) in [7, 11) is 0. The number of halogens is 3. The topological polar surface area (TPSA) is 65.1 Å². The third-order valence-electron chi connectivity index (χ3n) is 5.21. The summed E-state index contributed by atoms with van der Waals surface area (Å²) in [4.78, 5) is 26.8. The fraction of sp³-hybridized carbons (Fsp3) is 0.185. The second-order valence-corrected chi connectivity index (χ2v) is 10.1. The highest BCUT2D eigenvalue weighted by Gasteiger charge is 2.34. The van der Waals surface area contributed by atoms with Crippen LogP contribution < -0.4 is 14.2 Å². The number of thioether (sulfide) groups is 1. The SMILES string of the molecule is CCOc1cc(/C=C2\SC(=O)N(CCOc3ccc(Cl)cc3)C2=O)ccc1OCc1ccc(Cl)c(Cl)c1. The Hall–Kier alpha value is -2.84. The Morgan fingerprint density at radius 1 is 0.865 bits per heavy atom. The lowest BCUT2D eigenvalue weighted by Crippen LogP contribution is -2.32. The number of carbonyl (C=O) groups is 2. The number of hydrogen-bond acceptors (Lipinski definition) is 6. The summed E-state index contributed by atoms with van der Waals surface area (Å²) < 4.78 is 17.3. The first-order valence-electron chi connectivity index (χ1n) is 11.3. The van der Waals surface area contributed by atoms with E-state index in [9.17, 15) is 9.59 Å². The molecule has 0 spiro atoms.